The average molecular weight is 385 g/mol. The van der Waals surface area contributed by atoms with E-state index < -0.39 is 0 Å². The predicted octanol–water partition coefficient (Wildman–Crippen LogP) is 5.62. The molecule has 0 heterocycles. The molecule has 4 heteroatoms. The Hall–Kier alpha value is -2.20. The van der Waals surface area contributed by atoms with Crippen LogP contribution in [0.5, 0.6) is 11.5 Å². The highest BCUT2D eigenvalue weighted by molar-refractivity contribution is 7.80. The van der Waals surface area contributed by atoms with Gasteiger partial charge >= 0.3 is 0 Å². The van der Waals surface area contributed by atoms with Crippen molar-refractivity contribution in [1.29, 1.82) is 0 Å². The minimum absolute atomic E-state index is 0.0557. The summed E-state index contributed by atoms with van der Waals surface area (Å²) < 4.78 is 11.8. The molecule has 0 saturated heterocycles. The number of hydrogen-bond donors (Lipinski definition) is 0. The van der Waals surface area contributed by atoms with Crippen LogP contribution in [0.4, 0.5) is 0 Å². The molecule has 0 radical (unpaired) electrons. The third kappa shape index (κ3) is 5.39. The van der Waals surface area contributed by atoms with E-state index >= 15 is 0 Å². The van der Waals surface area contributed by atoms with Crippen LogP contribution in [-0.4, -0.2) is 23.9 Å². The Morgan fingerprint density at radius 3 is 2.41 bits per heavy atom. The van der Waals surface area contributed by atoms with E-state index in [0.29, 0.717) is 31.0 Å². The lowest BCUT2D eigenvalue weighted by atomic mass is 9.84. The van der Waals surface area contributed by atoms with Gasteiger partial charge in [0.05, 0.1) is 18.8 Å². The van der Waals surface area contributed by atoms with E-state index in [-0.39, 0.29) is 11.2 Å². The first-order chi connectivity index (χ1) is 12.8. The molecule has 0 N–H and O–H groups in total. The second kappa shape index (κ2) is 9.14. The van der Waals surface area contributed by atoms with Gasteiger partial charge in [-0.25, -0.2) is 0 Å². The molecule has 0 bridgehead atoms. The van der Waals surface area contributed by atoms with Gasteiger partial charge in [-0.2, -0.15) is 0 Å². The zero-order chi connectivity index (χ0) is 20.0. The number of carbonyl (C=O) groups excluding carboxylic acids is 1. The number of benzene rings is 1. The summed E-state index contributed by atoms with van der Waals surface area (Å²) >= 11 is 5.13. The molecule has 1 aliphatic rings. The van der Waals surface area contributed by atoms with Crippen molar-refractivity contribution in [3.05, 3.63) is 53.1 Å². The van der Waals surface area contributed by atoms with Gasteiger partial charge in [0.15, 0.2) is 5.78 Å². The Bertz CT molecular complexity index is 808. The molecule has 0 amide bonds. The fourth-order valence-electron chi connectivity index (χ4n) is 2.88. The number of ketones is 1. The average Bonchev–Trinajstić information content (AvgIpc) is 2.61. The lowest BCUT2D eigenvalue weighted by Gasteiger charge is -2.25. The van der Waals surface area contributed by atoms with Gasteiger partial charge in [0, 0.05) is 22.4 Å². The zero-order valence-corrected chi connectivity index (χ0v) is 17.6. The van der Waals surface area contributed by atoms with Crippen molar-refractivity contribution in [2.24, 2.45) is 0 Å². The maximum absolute atomic E-state index is 12.6. The van der Waals surface area contributed by atoms with E-state index in [0.717, 1.165) is 21.7 Å². The summed E-state index contributed by atoms with van der Waals surface area (Å²) in [5, 5.41) is 0. The van der Waals surface area contributed by atoms with Gasteiger partial charge < -0.3 is 9.47 Å². The number of ether oxygens (including phenoxy) is 2. The lowest BCUT2D eigenvalue weighted by molar-refractivity contribution is -0.111. The first kappa shape index (κ1) is 21.1. The van der Waals surface area contributed by atoms with Gasteiger partial charge in [-0.1, -0.05) is 51.2 Å². The third-order valence-electron chi connectivity index (χ3n) is 4.21. The van der Waals surface area contributed by atoms with E-state index in [2.05, 4.69) is 20.8 Å². The maximum atomic E-state index is 12.6. The van der Waals surface area contributed by atoms with Crippen LogP contribution in [0.15, 0.2) is 42.0 Å². The second-order valence-electron chi connectivity index (χ2n) is 7.33. The van der Waals surface area contributed by atoms with Gasteiger partial charge in [-0.15, -0.1) is 0 Å². The van der Waals surface area contributed by atoms with Crippen molar-refractivity contribution in [3.8, 4) is 11.5 Å². The van der Waals surface area contributed by atoms with Crippen LogP contribution < -0.4 is 9.47 Å². The normalized spacial score (nSPS) is 14.4. The Morgan fingerprint density at radius 2 is 1.85 bits per heavy atom. The standard InChI is InChI=1S/C23H28O3S/c1-6-25-21-15-13-19(23(3,4)5)22(26-7-2)18(21)12-14-20(24)16-8-10-17(27)11-9-16/h8-10,12-15H,6-7,11H2,1-5H3. The van der Waals surface area contributed by atoms with Crippen LogP contribution >= 0.6 is 12.2 Å². The number of rotatable bonds is 7. The topological polar surface area (TPSA) is 35.5 Å². The number of carbonyl (C=O) groups is 1. The van der Waals surface area contributed by atoms with Gasteiger partial charge in [0.25, 0.3) is 0 Å². The van der Waals surface area contributed by atoms with Gasteiger partial charge in [-0.05, 0) is 43.6 Å². The van der Waals surface area contributed by atoms with Crippen LogP contribution in [0, 0.1) is 0 Å². The van der Waals surface area contributed by atoms with Gasteiger partial charge in [-0.3, -0.25) is 4.79 Å². The first-order valence-electron chi connectivity index (χ1n) is 9.34. The van der Waals surface area contributed by atoms with Crippen LogP contribution in [-0.2, 0) is 10.2 Å². The summed E-state index contributed by atoms with van der Waals surface area (Å²) in [5.41, 5.74) is 2.45. The molecule has 0 aromatic heterocycles. The molecule has 1 aromatic carbocycles. The zero-order valence-electron chi connectivity index (χ0n) is 16.8. The van der Waals surface area contributed by atoms with E-state index in [1.807, 2.05) is 38.1 Å². The van der Waals surface area contributed by atoms with Crippen molar-refractivity contribution in [2.45, 2.75) is 46.5 Å². The minimum atomic E-state index is -0.0911. The van der Waals surface area contributed by atoms with E-state index in [9.17, 15) is 4.79 Å². The molecular weight excluding hydrogens is 356 g/mol. The second-order valence-corrected chi connectivity index (χ2v) is 7.86. The predicted molar refractivity (Wildman–Crippen MR) is 116 cm³/mol. The molecule has 3 nitrogen and oxygen atoms in total. The maximum Gasteiger partial charge on any atom is 0.185 e. The monoisotopic (exact) mass is 384 g/mol. The molecule has 0 saturated carbocycles. The number of allylic oxidation sites excluding steroid dienone is 5. The lowest BCUT2D eigenvalue weighted by Crippen LogP contribution is -2.15. The highest BCUT2D eigenvalue weighted by Crippen LogP contribution is 2.40. The molecule has 0 spiro atoms. The van der Waals surface area contributed by atoms with E-state index in [1.54, 1.807) is 18.2 Å². The molecule has 1 aromatic rings. The van der Waals surface area contributed by atoms with E-state index in [1.165, 1.54) is 0 Å². The highest BCUT2D eigenvalue weighted by atomic mass is 32.1. The molecule has 0 unspecified atom stereocenters. The summed E-state index contributed by atoms with van der Waals surface area (Å²) in [5.74, 6) is 1.43. The fourth-order valence-corrected chi connectivity index (χ4v) is 3.03. The minimum Gasteiger partial charge on any atom is -0.493 e. The Labute approximate surface area is 167 Å². The van der Waals surface area contributed by atoms with Crippen LogP contribution in [0.3, 0.4) is 0 Å². The molecule has 144 valence electrons. The van der Waals surface area contributed by atoms with Gasteiger partial charge in [0.1, 0.15) is 11.5 Å². The molecule has 0 atom stereocenters. The molecule has 0 fully saturated rings. The van der Waals surface area contributed by atoms with Crippen LogP contribution in [0.2, 0.25) is 0 Å². The largest absolute Gasteiger partial charge is 0.493 e. The Balaban J connectivity index is 2.47. The van der Waals surface area contributed by atoms with Gasteiger partial charge in [0.2, 0.25) is 0 Å². The summed E-state index contributed by atoms with van der Waals surface area (Å²) in [6, 6.07) is 4.00. The molecule has 27 heavy (non-hydrogen) atoms. The molecule has 2 rings (SSSR count). The van der Waals surface area contributed by atoms with Crippen molar-refractivity contribution in [2.75, 3.05) is 13.2 Å². The summed E-state index contributed by atoms with van der Waals surface area (Å²) in [6.45, 7) is 11.4. The van der Waals surface area contributed by atoms with Crippen LogP contribution in [0.25, 0.3) is 6.08 Å². The Morgan fingerprint density at radius 1 is 1.15 bits per heavy atom. The summed E-state index contributed by atoms with van der Waals surface area (Å²) in [4.78, 5) is 13.4. The molecule has 1 aliphatic carbocycles. The molecule has 0 aliphatic heterocycles. The van der Waals surface area contributed by atoms with Crippen molar-refractivity contribution in [3.63, 3.8) is 0 Å². The SMILES string of the molecule is CCOc1ccc(C(C)(C)C)c(OCC)c1C=CC(=O)C1=CCC(=S)C=C1. The van der Waals surface area contributed by atoms with E-state index in [4.69, 9.17) is 21.7 Å². The Kier molecular flexibility index (Phi) is 7.14. The van der Waals surface area contributed by atoms with Crippen molar-refractivity contribution >= 4 is 28.9 Å². The smallest absolute Gasteiger partial charge is 0.185 e. The van der Waals surface area contributed by atoms with Crippen molar-refractivity contribution < 1.29 is 14.3 Å². The summed E-state index contributed by atoms with van der Waals surface area (Å²) in [6.07, 6.45) is 9.47. The first-order valence-corrected chi connectivity index (χ1v) is 9.75. The molecular formula is C23H28O3S. The highest BCUT2D eigenvalue weighted by Gasteiger charge is 2.23. The quantitative estimate of drug-likeness (QED) is 0.451. The number of thiocarbonyl (C=S) groups is 1. The summed E-state index contributed by atoms with van der Waals surface area (Å²) in [7, 11) is 0. The third-order valence-corrected chi connectivity index (χ3v) is 4.51. The van der Waals surface area contributed by atoms with Crippen molar-refractivity contribution in [1.82, 2.24) is 0 Å². The fraction of sp³-hybridized carbons (Fsp3) is 0.391. The van der Waals surface area contributed by atoms with Crippen LogP contribution in [0.1, 0.15) is 52.2 Å². The number of hydrogen-bond acceptors (Lipinski definition) is 4.